The van der Waals surface area contributed by atoms with E-state index in [0.29, 0.717) is 0 Å². The second-order valence-corrected chi connectivity index (χ2v) is 11.6. The number of fused-ring (bicyclic) bond motifs is 9. The lowest BCUT2D eigenvalue weighted by Gasteiger charge is -2.22. The highest BCUT2D eigenvalue weighted by atomic mass is 32.1. The zero-order chi connectivity index (χ0) is 25.5. The minimum Gasteiger partial charge on any atom is -0.333 e. The number of nitrogens with zero attached hydrogens (tertiary/aromatic N) is 2. The Balaban J connectivity index is 1.29. The number of allylic oxidation sites excluding steroid dienone is 1. The number of hydrogen-bond acceptors (Lipinski definition) is 1. The first-order valence-corrected chi connectivity index (χ1v) is 14.4. The summed E-state index contributed by atoms with van der Waals surface area (Å²) in [5.74, 6) is 0. The van der Waals surface area contributed by atoms with E-state index >= 15 is 0 Å². The van der Waals surface area contributed by atoms with Gasteiger partial charge in [-0.2, -0.15) is 0 Å². The van der Waals surface area contributed by atoms with Gasteiger partial charge in [0.05, 0.1) is 17.1 Å². The van der Waals surface area contributed by atoms with Crippen molar-refractivity contribution >= 4 is 70.3 Å². The summed E-state index contributed by atoms with van der Waals surface area (Å²) < 4.78 is 7.72. The van der Waals surface area contributed by atoms with Gasteiger partial charge in [-0.15, -0.1) is 11.3 Å². The molecule has 1 aliphatic rings. The van der Waals surface area contributed by atoms with Crippen LogP contribution in [0.1, 0.15) is 17.3 Å². The molecule has 0 spiro atoms. The van der Waals surface area contributed by atoms with E-state index < -0.39 is 0 Å². The average Bonchev–Trinajstić information content (AvgIpc) is 3.63. The Morgan fingerprint density at radius 2 is 1.28 bits per heavy atom. The van der Waals surface area contributed by atoms with Gasteiger partial charge in [0.2, 0.25) is 0 Å². The first kappa shape index (κ1) is 21.3. The summed E-state index contributed by atoms with van der Waals surface area (Å²) in [6.45, 7) is 0. The maximum absolute atomic E-state index is 2.59. The fourth-order valence-electron chi connectivity index (χ4n) is 6.80. The molecular formula is C36H24N2S. The molecule has 0 radical (unpaired) electrons. The van der Waals surface area contributed by atoms with Gasteiger partial charge in [-0.05, 0) is 60.5 Å². The molecule has 0 saturated heterocycles. The third kappa shape index (κ3) is 2.96. The molecule has 8 aromatic rings. The van der Waals surface area contributed by atoms with Crippen molar-refractivity contribution in [2.24, 2.45) is 0 Å². The maximum atomic E-state index is 2.59. The van der Waals surface area contributed by atoms with Crippen molar-refractivity contribution in [3.05, 3.63) is 133 Å². The largest absolute Gasteiger partial charge is 0.333 e. The van der Waals surface area contributed by atoms with Crippen LogP contribution < -0.4 is 0 Å². The molecule has 1 unspecified atom stereocenters. The molecule has 2 nitrogen and oxygen atoms in total. The van der Waals surface area contributed by atoms with Crippen molar-refractivity contribution in [1.82, 2.24) is 9.13 Å². The number of rotatable bonds is 2. The third-order valence-electron chi connectivity index (χ3n) is 8.46. The fourth-order valence-corrected chi connectivity index (χ4v) is 7.92. The smallest absolute Gasteiger partial charge is 0.0567 e. The molecule has 0 amide bonds. The second-order valence-electron chi connectivity index (χ2n) is 10.5. The normalized spacial score (nSPS) is 15.2. The zero-order valence-electron chi connectivity index (χ0n) is 21.2. The molecule has 0 aliphatic heterocycles. The molecule has 184 valence electrons. The van der Waals surface area contributed by atoms with Gasteiger partial charge in [0.1, 0.15) is 0 Å². The first-order valence-electron chi connectivity index (χ1n) is 13.5. The van der Waals surface area contributed by atoms with Crippen LogP contribution in [0.5, 0.6) is 0 Å². The Hall–Kier alpha value is -4.60. The predicted molar refractivity (Wildman–Crippen MR) is 167 cm³/mol. The van der Waals surface area contributed by atoms with Gasteiger partial charge >= 0.3 is 0 Å². The van der Waals surface area contributed by atoms with Gasteiger partial charge in [-0.1, -0.05) is 78.9 Å². The molecule has 3 heteroatoms. The minimum atomic E-state index is 0.238. The standard InChI is InChI=1S/C36H24N2S/c1-2-10-23(11-3-1)37-31-15-7-4-12-25(31)28-20-24(18-19-33(28)37)38-32-16-8-5-13-26(32)29-21-30-27-14-6-9-17-35(27)39-36(30)22-34(29)38/h1-19,21-22,24H,20H2. The Morgan fingerprint density at radius 1 is 0.564 bits per heavy atom. The summed E-state index contributed by atoms with van der Waals surface area (Å²) in [4.78, 5) is 0. The lowest BCUT2D eigenvalue weighted by atomic mass is 9.96. The van der Waals surface area contributed by atoms with Crippen LogP contribution in [0.3, 0.4) is 0 Å². The Bertz CT molecular complexity index is 2260. The van der Waals surface area contributed by atoms with Gasteiger partial charge in [0, 0.05) is 53.2 Å². The van der Waals surface area contributed by atoms with Crippen LogP contribution in [-0.2, 0) is 6.42 Å². The van der Waals surface area contributed by atoms with Crippen LogP contribution in [0, 0.1) is 0 Å². The Morgan fingerprint density at radius 3 is 2.15 bits per heavy atom. The highest BCUT2D eigenvalue weighted by Crippen LogP contribution is 2.43. The van der Waals surface area contributed by atoms with E-state index in [1.165, 1.54) is 69.8 Å². The molecule has 3 aromatic heterocycles. The molecule has 1 aliphatic carbocycles. The lowest BCUT2D eigenvalue weighted by Crippen LogP contribution is -2.13. The van der Waals surface area contributed by atoms with E-state index in [0.717, 1.165) is 6.42 Å². The minimum absolute atomic E-state index is 0.238. The van der Waals surface area contributed by atoms with Crippen molar-refractivity contribution in [2.75, 3.05) is 0 Å². The quantitative estimate of drug-likeness (QED) is 0.216. The van der Waals surface area contributed by atoms with E-state index in [1.807, 2.05) is 11.3 Å². The molecule has 1 atom stereocenters. The van der Waals surface area contributed by atoms with Crippen molar-refractivity contribution in [1.29, 1.82) is 0 Å². The molecular weight excluding hydrogens is 492 g/mol. The zero-order valence-corrected chi connectivity index (χ0v) is 22.0. The molecule has 0 fully saturated rings. The Kier molecular flexibility index (Phi) is 4.35. The predicted octanol–water partition coefficient (Wildman–Crippen LogP) is 9.92. The highest BCUT2D eigenvalue weighted by Gasteiger charge is 2.26. The molecule has 0 N–H and O–H groups in total. The van der Waals surface area contributed by atoms with Gasteiger partial charge in [-0.3, -0.25) is 0 Å². The van der Waals surface area contributed by atoms with Gasteiger partial charge < -0.3 is 9.13 Å². The first-order chi connectivity index (χ1) is 19.3. The Labute approximate surface area is 229 Å². The van der Waals surface area contributed by atoms with Crippen molar-refractivity contribution in [3.8, 4) is 5.69 Å². The maximum Gasteiger partial charge on any atom is 0.0567 e. The third-order valence-corrected chi connectivity index (χ3v) is 9.60. The van der Waals surface area contributed by atoms with Crippen LogP contribution >= 0.6 is 11.3 Å². The van der Waals surface area contributed by atoms with Crippen LogP contribution in [0.25, 0.3) is 64.6 Å². The van der Waals surface area contributed by atoms with Crippen LogP contribution in [0.15, 0.2) is 121 Å². The number of hydrogen-bond donors (Lipinski definition) is 0. The van der Waals surface area contributed by atoms with E-state index in [2.05, 4.69) is 137 Å². The number of benzene rings is 5. The molecule has 0 bridgehead atoms. The van der Waals surface area contributed by atoms with Gasteiger partial charge in [-0.25, -0.2) is 0 Å². The van der Waals surface area contributed by atoms with Gasteiger partial charge in [0.25, 0.3) is 0 Å². The van der Waals surface area contributed by atoms with E-state index in [9.17, 15) is 0 Å². The monoisotopic (exact) mass is 516 g/mol. The summed E-state index contributed by atoms with van der Waals surface area (Å²) in [6.07, 6.45) is 5.74. The molecule has 9 rings (SSSR count). The highest BCUT2D eigenvalue weighted by molar-refractivity contribution is 7.25. The van der Waals surface area contributed by atoms with E-state index in [1.54, 1.807) is 0 Å². The fraction of sp³-hybridized carbons (Fsp3) is 0.0556. The van der Waals surface area contributed by atoms with E-state index in [-0.39, 0.29) is 6.04 Å². The topological polar surface area (TPSA) is 9.86 Å². The number of thiophene rings is 1. The molecule has 39 heavy (non-hydrogen) atoms. The van der Waals surface area contributed by atoms with Crippen molar-refractivity contribution in [2.45, 2.75) is 12.5 Å². The number of para-hydroxylation sites is 3. The van der Waals surface area contributed by atoms with Crippen LogP contribution in [0.4, 0.5) is 0 Å². The van der Waals surface area contributed by atoms with Gasteiger partial charge in [0.15, 0.2) is 0 Å². The molecule has 0 saturated carbocycles. The number of aromatic nitrogens is 2. The summed E-state index contributed by atoms with van der Waals surface area (Å²) >= 11 is 1.90. The van der Waals surface area contributed by atoms with E-state index in [4.69, 9.17) is 0 Å². The molecule has 3 heterocycles. The summed E-state index contributed by atoms with van der Waals surface area (Å²) in [7, 11) is 0. The van der Waals surface area contributed by atoms with Crippen LogP contribution in [0.2, 0.25) is 0 Å². The van der Waals surface area contributed by atoms with Crippen LogP contribution in [-0.4, -0.2) is 9.13 Å². The molecule has 5 aromatic carbocycles. The average molecular weight is 517 g/mol. The van der Waals surface area contributed by atoms with Crippen molar-refractivity contribution in [3.63, 3.8) is 0 Å². The summed E-state index contributed by atoms with van der Waals surface area (Å²) in [5.41, 5.74) is 7.83. The lowest BCUT2D eigenvalue weighted by molar-refractivity contribution is 0.636. The summed E-state index contributed by atoms with van der Waals surface area (Å²) in [6, 6.07) is 42.4. The van der Waals surface area contributed by atoms with Crippen molar-refractivity contribution < 1.29 is 0 Å². The second kappa shape index (κ2) is 7.95. The summed E-state index contributed by atoms with van der Waals surface area (Å²) in [5, 5.41) is 6.73. The SMILES string of the molecule is C1=CC(n2c3ccccc3c3cc4c(cc32)sc2ccccc24)Cc2c1n(-c1ccccc1)c1ccccc21.